The van der Waals surface area contributed by atoms with Gasteiger partial charge in [-0.05, 0) is 87.0 Å². The topological polar surface area (TPSA) is 17.3 Å². The fourth-order valence-corrected chi connectivity index (χ4v) is 5.88. The number of aromatic nitrogens is 2. The van der Waals surface area contributed by atoms with Crippen molar-refractivity contribution in [3.05, 3.63) is 107 Å². The Bertz CT molecular complexity index is 1610. The van der Waals surface area contributed by atoms with Crippen LogP contribution in [0, 0.1) is 0 Å². The van der Waals surface area contributed by atoms with E-state index in [9.17, 15) is 0 Å². The summed E-state index contributed by atoms with van der Waals surface area (Å²) in [5.41, 5.74) is 13.5. The lowest BCUT2D eigenvalue weighted by Gasteiger charge is -2.13. The molecule has 2 heterocycles. The van der Waals surface area contributed by atoms with Gasteiger partial charge in [-0.15, -0.1) is 0 Å². The Morgan fingerprint density at radius 3 is 1.97 bits per heavy atom. The number of pyridine rings is 1. The maximum Gasteiger partial charge on any atom is 0.145 e. The highest BCUT2D eigenvalue weighted by atomic mass is 15.0. The molecule has 0 atom stereocenters. The third-order valence-corrected chi connectivity index (χ3v) is 7.27. The van der Waals surface area contributed by atoms with Crippen LogP contribution in [0.15, 0.2) is 85.2 Å². The first kappa shape index (κ1) is 15.9. The summed E-state index contributed by atoms with van der Waals surface area (Å²) in [6.07, 6.45) is 6.06. The number of nitrogens with zero attached hydrogens (tertiary/aromatic N) is 2. The molecule has 0 radical (unpaired) electrons. The largest absolute Gasteiger partial charge is 0.299 e. The Morgan fingerprint density at radius 2 is 1.23 bits per heavy atom. The van der Waals surface area contributed by atoms with E-state index in [0.29, 0.717) is 0 Å². The lowest BCUT2D eigenvalue weighted by Crippen LogP contribution is -1.94. The first-order chi connectivity index (χ1) is 15.3. The minimum absolute atomic E-state index is 1.01. The predicted molar refractivity (Wildman–Crippen MR) is 127 cm³/mol. The SMILES string of the molecule is c1ccc2c(c1)Cc1cc3c4cc5c(cc4n4ccnc4c3cc1-2)-c1ccccc1C5. The van der Waals surface area contributed by atoms with Crippen molar-refractivity contribution in [1.29, 1.82) is 0 Å². The molecule has 4 aromatic carbocycles. The second kappa shape index (κ2) is 5.41. The molecule has 8 rings (SSSR count). The van der Waals surface area contributed by atoms with E-state index in [0.717, 1.165) is 18.5 Å². The number of benzene rings is 4. The normalized spacial score (nSPS) is 13.5. The number of rotatable bonds is 0. The minimum Gasteiger partial charge on any atom is -0.299 e. The molecule has 0 saturated heterocycles. The molecular formula is C29H18N2. The van der Waals surface area contributed by atoms with Crippen molar-refractivity contribution in [2.24, 2.45) is 0 Å². The quantitative estimate of drug-likeness (QED) is 0.259. The molecule has 0 saturated carbocycles. The van der Waals surface area contributed by atoms with E-state index >= 15 is 0 Å². The zero-order valence-corrected chi connectivity index (χ0v) is 16.9. The van der Waals surface area contributed by atoms with Gasteiger partial charge in [-0.25, -0.2) is 4.98 Å². The van der Waals surface area contributed by atoms with E-state index in [2.05, 4.69) is 83.4 Å². The van der Waals surface area contributed by atoms with Crippen molar-refractivity contribution < 1.29 is 0 Å². The second-order valence-electron chi connectivity index (χ2n) is 8.87. The molecule has 0 amide bonds. The summed E-state index contributed by atoms with van der Waals surface area (Å²) in [6.45, 7) is 0. The van der Waals surface area contributed by atoms with Crippen molar-refractivity contribution in [3.63, 3.8) is 0 Å². The van der Waals surface area contributed by atoms with Crippen LogP contribution < -0.4 is 0 Å². The van der Waals surface area contributed by atoms with Crippen molar-refractivity contribution in [2.75, 3.05) is 0 Å². The molecule has 0 spiro atoms. The van der Waals surface area contributed by atoms with Gasteiger partial charge >= 0.3 is 0 Å². The second-order valence-corrected chi connectivity index (χ2v) is 8.87. The maximum atomic E-state index is 4.78. The molecule has 2 heteroatoms. The molecular weight excluding hydrogens is 376 g/mol. The van der Waals surface area contributed by atoms with Gasteiger partial charge in [-0.3, -0.25) is 4.40 Å². The molecule has 2 aromatic heterocycles. The van der Waals surface area contributed by atoms with Gasteiger partial charge in [0.05, 0.1) is 5.52 Å². The van der Waals surface area contributed by atoms with Crippen LogP contribution in [0.4, 0.5) is 0 Å². The number of imidazole rings is 1. The van der Waals surface area contributed by atoms with Crippen molar-refractivity contribution in [3.8, 4) is 22.3 Å². The number of hydrogen-bond donors (Lipinski definition) is 0. The highest BCUT2D eigenvalue weighted by molar-refractivity contribution is 6.14. The van der Waals surface area contributed by atoms with E-state index < -0.39 is 0 Å². The highest BCUT2D eigenvalue weighted by Crippen LogP contribution is 2.44. The van der Waals surface area contributed by atoms with Crippen LogP contribution in [0.25, 0.3) is 49.6 Å². The van der Waals surface area contributed by atoms with Gasteiger partial charge in [0.1, 0.15) is 5.65 Å². The highest BCUT2D eigenvalue weighted by Gasteiger charge is 2.23. The monoisotopic (exact) mass is 394 g/mol. The summed E-state index contributed by atoms with van der Waals surface area (Å²) in [7, 11) is 0. The maximum absolute atomic E-state index is 4.78. The van der Waals surface area contributed by atoms with E-state index in [4.69, 9.17) is 4.98 Å². The smallest absolute Gasteiger partial charge is 0.145 e. The lowest BCUT2D eigenvalue weighted by molar-refractivity contribution is 1.25. The molecule has 144 valence electrons. The Kier molecular flexibility index (Phi) is 2.77. The molecule has 2 aliphatic carbocycles. The molecule has 0 fully saturated rings. The van der Waals surface area contributed by atoms with Crippen LogP contribution in [0.2, 0.25) is 0 Å². The average molecular weight is 394 g/mol. The molecule has 6 aromatic rings. The fraction of sp³-hybridized carbons (Fsp3) is 0.0690. The van der Waals surface area contributed by atoms with Crippen molar-refractivity contribution in [2.45, 2.75) is 12.8 Å². The van der Waals surface area contributed by atoms with Crippen LogP contribution in [0.1, 0.15) is 22.3 Å². The van der Waals surface area contributed by atoms with Crippen molar-refractivity contribution in [1.82, 2.24) is 9.38 Å². The van der Waals surface area contributed by atoms with Gasteiger partial charge in [-0.2, -0.15) is 0 Å². The van der Waals surface area contributed by atoms with Gasteiger partial charge in [0.15, 0.2) is 0 Å². The Labute approximate surface area is 179 Å². The molecule has 0 bridgehead atoms. The summed E-state index contributed by atoms with van der Waals surface area (Å²) in [5, 5.41) is 3.88. The van der Waals surface area contributed by atoms with Crippen LogP contribution in [-0.4, -0.2) is 9.38 Å². The van der Waals surface area contributed by atoms with Crippen molar-refractivity contribution >= 4 is 27.3 Å². The van der Waals surface area contributed by atoms with Crippen LogP contribution >= 0.6 is 0 Å². The Hall–Kier alpha value is -3.91. The Morgan fingerprint density at radius 1 is 0.581 bits per heavy atom. The molecule has 2 nitrogen and oxygen atoms in total. The third-order valence-electron chi connectivity index (χ3n) is 7.27. The minimum atomic E-state index is 1.01. The Balaban J connectivity index is 1.52. The van der Waals surface area contributed by atoms with Gasteiger partial charge in [-0.1, -0.05) is 48.5 Å². The van der Waals surface area contributed by atoms with Crippen LogP contribution in [0.5, 0.6) is 0 Å². The summed E-state index contributed by atoms with van der Waals surface area (Å²) in [5.74, 6) is 0. The zero-order valence-electron chi connectivity index (χ0n) is 16.9. The van der Waals surface area contributed by atoms with Crippen LogP contribution in [-0.2, 0) is 12.8 Å². The standard InChI is InChI=1S/C29H18N2/c1-3-7-21-17(5-1)11-19-13-25-26-14-20-12-18-6-2-4-8-22(18)24(20)16-28(26)31-10-9-30-29(31)27(25)15-23(19)21/h1-10,13-16H,11-12H2. The van der Waals surface area contributed by atoms with Crippen LogP contribution in [0.3, 0.4) is 0 Å². The van der Waals surface area contributed by atoms with Gasteiger partial charge in [0.25, 0.3) is 0 Å². The average Bonchev–Trinajstić information content (AvgIpc) is 3.51. The number of hydrogen-bond acceptors (Lipinski definition) is 1. The first-order valence-electron chi connectivity index (χ1n) is 10.9. The van der Waals surface area contributed by atoms with Gasteiger partial charge < -0.3 is 0 Å². The molecule has 31 heavy (non-hydrogen) atoms. The molecule has 0 aliphatic heterocycles. The fourth-order valence-electron chi connectivity index (χ4n) is 5.88. The van der Waals surface area contributed by atoms with E-state index in [1.165, 1.54) is 66.2 Å². The molecule has 0 N–H and O–H groups in total. The van der Waals surface area contributed by atoms with Gasteiger partial charge in [0.2, 0.25) is 0 Å². The van der Waals surface area contributed by atoms with E-state index in [1.807, 2.05) is 6.20 Å². The summed E-state index contributed by atoms with van der Waals surface area (Å²) < 4.78 is 2.27. The van der Waals surface area contributed by atoms with E-state index in [1.54, 1.807) is 0 Å². The number of fused-ring (bicyclic) bond motifs is 12. The predicted octanol–water partition coefficient (Wildman–Crippen LogP) is 6.78. The lowest BCUT2D eigenvalue weighted by atomic mass is 9.96. The van der Waals surface area contributed by atoms with E-state index in [-0.39, 0.29) is 0 Å². The first-order valence-corrected chi connectivity index (χ1v) is 10.9. The molecule has 0 unspecified atom stereocenters. The summed E-state index contributed by atoms with van der Waals surface area (Å²) >= 11 is 0. The summed E-state index contributed by atoms with van der Waals surface area (Å²) in [6, 6.07) is 27.2. The van der Waals surface area contributed by atoms with Gasteiger partial charge in [0, 0.05) is 23.2 Å². The summed E-state index contributed by atoms with van der Waals surface area (Å²) in [4.78, 5) is 4.78. The zero-order chi connectivity index (χ0) is 20.1. The third kappa shape index (κ3) is 1.95. The molecule has 2 aliphatic rings.